The van der Waals surface area contributed by atoms with E-state index in [-0.39, 0.29) is 0 Å². The fourth-order valence-electron chi connectivity index (χ4n) is 1.40. The first-order chi connectivity index (χ1) is 13.3. The third kappa shape index (κ3) is 11.1. The van der Waals surface area contributed by atoms with E-state index in [2.05, 4.69) is 25.1 Å². The first-order valence-corrected chi connectivity index (χ1v) is 11.4. The fourth-order valence-corrected chi connectivity index (χ4v) is 3.82. The van der Waals surface area contributed by atoms with E-state index in [1.807, 2.05) is 33.1 Å². The van der Waals surface area contributed by atoms with E-state index in [4.69, 9.17) is 17.3 Å². The molecule has 7 nitrogen and oxygen atoms in total. The molecule has 2 N–H and O–H groups in total. The monoisotopic (exact) mass is 474 g/mol. The minimum atomic E-state index is 0.447. The van der Waals surface area contributed by atoms with Gasteiger partial charge in [-0.05, 0) is 32.9 Å². The quantitative estimate of drug-likeness (QED) is 0.318. The van der Waals surface area contributed by atoms with Gasteiger partial charge in [0.15, 0.2) is 5.00 Å². The van der Waals surface area contributed by atoms with Gasteiger partial charge in [0.2, 0.25) is 0 Å². The van der Waals surface area contributed by atoms with Crippen LogP contribution in [0.4, 0.5) is 10.0 Å². The van der Waals surface area contributed by atoms with Crippen molar-refractivity contribution in [2.45, 2.75) is 27.7 Å². The zero-order chi connectivity index (χ0) is 20.9. The molecule has 0 aliphatic carbocycles. The first kappa shape index (κ1) is 24.2. The average molecular weight is 475 g/mol. The van der Waals surface area contributed by atoms with Crippen LogP contribution in [0.5, 0.6) is 0 Å². The summed E-state index contributed by atoms with van der Waals surface area (Å²) >= 11 is 11.5. The highest BCUT2D eigenvalue weighted by Gasteiger charge is 1.93. The second-order valence-corrected chi connectivity index (χ2v) is 10.3. The Bertz CT molecular complexity index is 863. The van der Waals surface area contributed by atoms with Crippen molar-refractivity contribution >= 4 is 67.0 Å². The number of aromatic nitrogens is 4. The van der Waals surface area contributed by atoms with Crippen LogP contribution in [0.2, 0.25) is 4.34 Å². The van der Waals surface area contributed by atoms with Gasteiger partial charge in [0.05, 0.1) is 38.6 Å². The van der Waals surface area contributed by atoms with Crippen molar-refractivity contribution in [1.29, 1.82) is 0 Å². The summed E-state index contributed by atoms with van der Waals surface area (Å²) in [5.41, 5.74) is 5.33. The molecule has 0 saturated heterocycles. The molecule has 0 bridgehead atoms. The fraction of sp³-hybridized carbons (Fsp3) is 0.250. The maximum atomic E-state index is 9.74. The predicted molar refractivity (Wildman–Crippen MR) is 122 cm³/mol. The standard InChI is InChI=1S/C4H4ClNS.C4H4N2OS.C4H6N2S.C4H5NS/c1-3-6-2-4(5)7-3;1-3-5-2-4(6-7)8-3;1-3-6-2-4(5)7-3;1-4-5-2-3-6-4/h2H,1H3;2H,1H3;2H,5H2,1H3;2-3H,1H3. The van der Waals surface area contributed by atoms with Gasteiger partial charge >= 0.3 is 0 Å². The van der Waals surface area contributed by atoms with Crippen molar-refractivity contribution in [3.63, 3.8) is 0 Å². The van der Waals surface area contributed by atoms with E-state index in [0.717, 1.165) is 29.4 Å². The lowest BCUT2D eigenvalue weighted by molar-refractivity contribution is 1.29. The average Bonchev–Trinajstić information content (AvgIpc) is 3.43. The lowest BCUT2D eigenvalue weighted by atomic mass is 10.8. The second kappa shape index (κ2) is 13.4. The summed E-state index contributed by atoms with van der Waals surface area (Å²) in [5.74, 6) is 0. The smallest absolute Gasteiger partial charge is 0.180 e. The van der Waals surface area contributed by atoms with E-state index < -0.39 is 0 Å². The highest BCUT2D eigenvalue weighted by atomic mass is 35.5. The molecule has 4 rings (SSSR count). The largest absolute Gasteiger partial charge is 0.389 e. The van der Waals surface area contributed by atoms with Gasteiger partial charge in [-0.25, -0.2) is 15.0 Å². The molecule has 4 aromatic rings. The van der Waals surface area contributed by atoms with Crippen LogP contribution in [0.15, 0.2) is 35.3 Å². The predicted octanol–water partition coefficient (Wildman–Crippen LogP) is 6.44. The molecule has 0 fully saturated rings. The van der Waals surface area contributed by atoms with Gasteiger partial charge in [0.25, 0.3) is 0 Å². The molecule has 0 saturated carbocycles. The van der Waals surface area contributed by atoms with Crippen molar-refractivity contribution in [3.8, 4) is 0 Å². The molecule has 150 valence electrons. The Kier molecular flexibility index (Phi) is 11.6. The number of nitroso groups, excluding NO2 is 1. The summed E-state index contributed by atoms with van der Waals surface area (Å²) in [6.45, 7) is 7.68. The zero-order valence-electron chi connectivity index (χ0n) is 15.6. The number of hydrogen-bond acceptors (Lipinski definition) is 11. The van der Waals surface area contributed by atoms with Crippen LogP contribution in [-0.4, -0.2) is 19.9 Å². The van der Waals surface area contributed by atoms with Crippen LogP contribution >= 0.6 is 56.9 Å². The summed E-state index contributed by atoms with van der Waals surface area (Å²) in [7, 11) is 0. The van der Waals surface area contributed by atoms with Crippen molar-refractivity contribution < 1.29 is 0 Å². The Morgan fingerprint density at radius 2 is 1.46 bits per heavy atom. The van der Waals surface area contributed by atoms with Gasteiger partial charge in [0, 0.05) is 11.6 Å². The molecule has 0 aliphatic rings. The molecular weight excluding hydrogens is 456 g/mol. The number of nitrogens with zero attached hydrogens (tertiary/aromatic N) is 5. The number of anilines is 1. The Morgan fingerprint density at radius 3 is 1.64 bits per heavy atom. The van der Waals surface area contributed by atoms with Gasteiger partial charge < -0.3 is 5.73 Å². The van der Waals surface area contributed by atoms with Crippen LogP contribution in [0.3, 0.4) is 0 Å². The number of nitrogen functional groups attached to an aromatic ring is 1. The Balaban J connectivity index is 0.000000188. The molecule has 0 radical (unpaired) electrons. The van der Waals surface area contributed by atoms with Gasteiger partial charge in [-0.1, -0.05) is 22.9 Å². The minimum Gasteiger partial charge on any atom is -0.389 e. The maximum Gasteiger partial charge on any atom is 0.180 e. The highest BCUT2D eigenvalue weighted by Crippen LogP contribution is 2.19. The van der Waals surface area contributed by atoms with Gasteiger partial charge in [-0.2, -0.15) is 0 Å². The summed E-state index contributed by atoms with van der Waals surface area (Å²) < 4.78 is 0.762. The molecule has 0 aromatic carbocycles. The summed E-state index contributed by atoms with van der Waals surface area (Å²) in [4.78, 5) is 25.3. The van der Waals surface area contributed by atoms with Gasteiger partial charge in [0.1, 0.15) is 9.34 Å². The second-order valence-electron chi connectivity index (χ2n) is 4.82. The van der Waals surface area contributed by atoms with Gasteiger partial charge in [-0.3, -0.25) is 4.98 Å². The maximum absolute atomic E-state index is 9.74. The molecule has 28 heavy (non-hydrogen) atoms. The summed E-state index contributed by atoms with van der Waals surface area (Å²) in [5, 5.41) is 9.95. The van der Waals surface area contributed by atoms with Crippen LogP contribution in [0.25, 0.3) is 0 Å². The van der Waals surface area contributed by atoms with E-state index in [1.165, 1.54) is 40.2 Å². The highest BCUT2D eigenvalue weighted by molar-refractivity contribution is 7.16. The van der Waals surface area contributed by atoms with Crippen LogP contribution < -0.4 is 5.73 Å². The lowest BCUT2D eigenvalue weighted by Gasteiger charge is -1.70. The van der Waals surface area contributed by atoms with E-state index in [1.54, 1.807) is 29.9 Å². The normalized spacial score (nSPS) is 9.18. The van der Waals surface area contributed by atoms with Crippen molar-refractivity contribution in [2.24, 2.45) is 5.18 Å². The van der Waals surface area contributed by atoms with E-state index in [0.29, 0.717) is 5.00 Å². The van der Waals surface area contributed by atoms with Crippen molar-refractivity contribution in [3.05, 3.63) is 59.4 Å². The number of nitrogens with two attached hydrogens (primary N) is 1. The molecule has 4 aromatic heterocycles. The number of rotatable bonds is 1. The number of thiazole rings is 4. The molecule has 0 aliphatic heterocycles. The number of halogens is 1. The third-order valence-corrected chi connectivity index (χ3v) is 5.75. The Morgan fingerprint density at radius 1 is 0.857 bits per heavy atom. The van der Waals surface area contributed by atoms with Gasteiger partial charge in [-0.15, -0.1) is 38.9 Å². The topological polar surface area (TPSA) is 107 Å². The lowest BCUT2D eigenvalue weighted by Crippen LogP contribution is -1.73. The minimum absolute atomic E-state index is 0.447. The summed E-state index contributed by atoms with van der Waals surface area (Å²) in [6, 6.07) is 0. The molecule has 0 unspecified atom stereocenters. The van der Waals surface area contributed by atoms with E-state index in [9.17, 15) is 4.91 Å². The Labute approximate surface area is 184 Å². The molecule has 12 heteroatoms. The van der Waals surface area contributed by atoms with Crippen LogP contribution in [0, 0.1) is 32.6 Å². The van der Waals surface area contributed by atoms with Crippen LogP contribution in [0.1, 0.15) is 20.0 Å². The van der Waals surface area contributed by atoms with E-state index >= 15 is 0 Å². The Hall–Kier alpha value is -1.79. The third-order valence-electron chi connectivity index (χ3n) is 2.49. The molecule has 4 heterocycles. The SMILES string of the molecule is Cc1ncc(Cl)s1.Cc1ncc(N)s1.Cc1ncc(N=O)s1.Cc1nccs1. The molecule has 0 atom stereocenters. The molecular formula is C16H19ClN6OS4. The van der Waals surface area contributed by atoms with Crippen LogP contribution in [-0.2, 0) is 0 Å². The zero-order valence-corrected chi connectivity index (χ0v) is 19.6. The van der Waals surface area contributed by atoms with Crippen molar-refractivity contribution in [1.82, 2.24) is 19.9 Å². The summed E-state index contributed by atoms with van der Waals surface area (Å²) in [6.07, 6.45) is 6.59. The number of hydrogen-bond donors (Lipinski definition) is 1. The first-order valence-electron chi connectivity index (χ1n) is 7.67. The molecule has 0 spiro atoms. The number of aryl methyl sites for hydroxylation is 4. The van der Waals surface area contributed by atoms with Crippen molar-refractivity contribution in [2.75, 3.05) is 5.73 Å². The molecule has 0 amide bonds.